The highest BCUT2D eigenvalue weighted by atomic mass is 16.5. The van der Waals surface area contributed by atoms with Crippen molar-refractivity contribution in [2.75, 3.05) is 39.8 Å². The monoisotopic (exact) mass is 448 g/mol. The van der Waals surface area contributed by atoms with E-state index < -0.39 is 0 Å². The van der Waals surface area contributed by atoms with Gasteiger partial charge >= 0.3 is 0 Å². The largest absolute Gasteiger partial charge is 0.507 e. The highest BCUT2D eigenvalue weighted by molar-refractivity contribution is 5.42. The summed E-state index contributed by atoms with van der Waals surface area (Å²) in [6, 6.07) is 13.0. The van der Waals surface area contributed by atoms with Crippen molar-refractivity contribution in [1.82, 2.24) is 19.4 Å². The number of likely N-dealkylation sites (N-methyl/N-ethyl adjacent to an activating group) is 1. The minimum absolute atomic E-state index is 0.0404. The Kier molecular flexibility index (Phi) is 7.11. The van der Waals surface area contributed by atoms with Gasteiger partial charge in [0, 0.05) is 44.3 Å². The number of ether oxygens (including phenoxy) is 1. The summed E-state index contributed by atoms with van der Waals surface area (Å²) in [4.78, 5) is 22.7. The van der Waals surface area contributed by atoms with Crippen molar-refractivity contribution in [3.63, 3.8) is 0 Å². The van der Waals surface area contributed by atoms with E-state index >= 15 is 0 Å². The summed E-state index contributed by atoms with van der Waals surface area (Å²) in [5.41, 5.74) is 2.87. The van der Waals surface area contributed by atoms with E-state index in [1.807, 2.05) is 43.3 Å². The van der Waals surface area contributed by atoms with Gasteiger partial charge in [-0.05, 0) is 48.9 Å². The molecule has 7 nitrogen and oxygen atoms in total. The molecule has 0 saturated carbocycles. The Morgan fingerprint density at radius 3 is 2.45 bits per heavy atom. The van der Waals surface area contributed by atoms with E-state index in [9.17, 15) is 9.90 Å². The molecule has 0 radical (unpaired) electrons. The highest BCUT2D eigenvalue weighted by Crippen LogP contribution is 2.34. The van der Waals surface area contributed by atoms with E-state index in [-0.39, 0.29) is 17.4 Å². The zero-order chi connectivity index (χ0) is 23.4. The van der Waals surface area contributed by atoms with E-state index in [0.29, 0.717) is 12.1 Å². The van der Waals surface area contributed by atoms with E-state index in [2.05, 4.69) is 21.7 Å². The number of aryl methyl sites for hydroxylation is 1. The molecule has 1 atom stereocenters. The number of nitrogens with zero attached hydrogens (tertiary/aromatic N) is 4. The number of aromatic hydroxyl groups is 1. The Balaban J connectivity index is 1.80. The maximum atomic E-state index is 13.8. The van der Waals surface area contributed by atoms with Gasteiger partial charge in [-0.1, -0.05) is 25.1 Å². The zero-order valence-electron chi connectivity index (χ0n) is 19.6. The van der Waals surface area contributed by atoms with Crippen LogP contribution in [-0.4, -0.2) is 64.3 Å². The normalized spacial score (nSPS) is 16.0. The van der Waals surface area contributed by atoms with Crippen LogP contribution in [0.1, 0.15) is 35.3 Å². The van der Waals surface area contributed by atoms with Crippen LogP contribution in [0, 0.1) is 6.92 Å². The topological polar surface area (TPSA) is 70.8 Å². The second-order valence-electron chi connectivity index (χ2n) is 8.48. The molecule has 33 heavy (non-hydrogen) atoms. The van der Waals surface area contributed by atoms with Crippen LogP contribution in [0.4, 0.5) is 0 Å². The van der Waals surface area contributed by atoms with Crippen LogP contribution in [0.25, 0.3) is 0 Å². The van der Waals surface area contributed by atoms with Crippen LogP contribution in [0.3, 0.4) is 0 Å². The molecule has 1 aliphatic rings. The summed E-state index contributed by atoms with van der Waals surface area (Å²) in [5, 5.41) is 11.0. The van der Waals surface area contributed by atoms with Crippen molar-refractivity contribution >= 4 is 0 Å². The molecule has 1 N–H and O–H groups in total. The first-order valence-electron chi connectivity index (χ1n) is 11.4. The predicted octanol–water partition coefficient (Wildman–Crippen LogP) is 3.04. The van der Waals surface area contributed by atoms with Crippen molar-refractivity contribution < 1.29 is 9.84 Å². The summed E-state index contributed by atoms with van der Waals surface area (Å²) >= 11 is 0. The Hall–Kier alpha value is -3.16. The van der Waals surface area contributed by atoms with Gasteiger partial charge in [0.25, 0.3) is 5.56 Å². The average Bonchev–Trinajstić information content (AvgIpc) is 2.85. The molecule has 1 fully saturated rings. The molecule has 2 aromatic heterocycles. The third-order valence-corrected chi connectivity index (χ3v) is 6.51. The summed E-state index contributed by atoms with van der Waals surface area (Å²) in [7, 11) is 1.64. The van der Waals surface area contributed by atoms with Crippen molar-refractivity contribution in [2.24, 2.45) is 0 Å². The van der Waals surface area contributed by atoms with Crippen molar-refractivity contribution in [1.29, 1.82) is 0 Å². The quantitative estimate of drug-likeness (QED) is 0.599. The maximum Gasteiger partial charge on any atom is 0.259 e. The number of piperazine rings is 1. The van der Waals surface area contributed by atoms with E-state index in [4.69, 9.17) is 4.74 Å². The highest BCUT2D eigenvalue weighted by Gasteiger charge is 2.31. The van der Waals surface area contributed by atoms with Gasteiger partial charge in [0.2, 0.25) is 0 Å². The molecule has 0 spiro atoms. The zero-order valence-corrected chi connectivity index (χ0v) is 19.6. The van der Waals surface area contributed by atoms with Crippen LogP contribution in [-0.2, 0) is 6.54 Å². The standard InChI is InChI=1S/C26H32N4O3/c1-4-28-12-14-29(15-13-28)25(21-7-9-22(33-3)10-8-21)24-23(31)16-19(2)30(26(24)32)18-20-6-5-11-27-17-20/h5-11,16-17,25,31H,4,12-15,18H2,1-3H3/t25-/m0/s1. The molecule has 0 bridgehead atoms. The van der Waals surface area contributed by atoms with Crippen LogP contribution >= 0.6 is 0 Å². The first-order chi connectivity index (χ1) is 16.0. The molecule has 3 heterocycles. The molecule has 1 aliphatic heterocycles. The SMILES string of the molecule is CCN1CCN([C@@H](c2ccc(OC)cc2)c2c(O)cc(C)n(Cc3cccnc3)c2=O)CC1. The van der Waals surface area contributed by atoms with Crippen LogP contribution in [0.2, 0.25) is 0 Å². The lowest BCUT2D eigenvalue weighted by molar-refractivity contribution is 0.111. The Bertz CT molecular complexity index is 1120. The molecule has 0 aliphatic carbocycles. The molecule has 0 unspecified atom stereocenters. The fourth-order valence-corrected chi connectivity index (χ4v) is 4.58. The summed E-state index contributed by atoms with van der Waals surface area (Å²) in [5.74, 6) is 0.800. The molecule has 7 heteroatoms. The Morgan fingerprint density at radius 2 is 1.85 bits per heavy atom. The minimum Gasteiger partial charge on any atom is -0.507 e. The van der Waals surface area contributed by atoms with Crippen molar-refractivity contribution in [3.8, 4) is 11.5 Å². The average molecular weight is 449 g/mol. The predicted molar refractivity (Wildman–Crippen MR) is 129 cm³/mol. The molecule has 1 saturated heterocycles. The maximum absolute atomic E-state index is 13.8. The van der Waals surface area contributed by atoms with Gasteiger partial charge in [0.15, 0.2) is 0 Å². The fourth-order valence-electron chi connectivity index (χ4n) is 4.58. The fraction of sp³-hybridized carbons (Fsp3) is 0.385. The first kappa shape index (κ1) is 23.0. The van der Waals surface area contributed by atoms with Crippen LogP contribution < -0.4 is 10.3 Å². The van der Waals surface area contributed by atoms with Crippen LogP contribution in [0.15, 0.2) is 59.7 Å². The number of pyridine rings is 2. The third-order valence-electron chi connectivity index (χ3n) is 6.51. The van der Waals surface area contributed by atoms with Crippen molar-refractivity contribution in [2.45, 2.75) is 26.4 Å². The molecule has 1 aromatic carbocycles. The minimum atomic E-state index is -0.344. The van der Waals surface area contributed by atoms with Crippen molar-refractivity contribution in [3.05, 3.63) is 87.6 Å². The number of hydrogen-bond acceptors (Lipinski definition) is 6. The lowest BCUT2D eigenvalue weighted by Gasteiger charge is -2.39. The molecular weight excluding hydrogens is 416 g/mol. The molecule has 4 rings (SSSR count). The van der Waals surface area contributed by atoms with Crippen LogP contribution in [0.5, 0.6) is 11.5 Å². The first-order valence-corrected chi connectivity index (χ1v) is 11.4. The van der Waals surface area contributed by atoms with Gasteiger partial charge in [-0.3, -0.25) is 14.7 Å². The van der Waals surface area contributed by atoms with E-state index in [1.165, 1.54) is 0 Å². The van der Waals surface area contributed by atoms with Gasteiger partial charge in [0.05, 0.1) is 25.3 Å². The number of hydrogen-bond donors (Lipinski definition) is 1. The number of methoxy groups -OCH3 is 1. The van der Waals surface area contributed by atoms with E-state index in [1.54, 1.807) is 30.1 Å². The summed E-state index contributed by atoms with van der Waals surface area (Å²) in [6.07, 6.45) is 3.49. The summed E-state index contributed by atoms with van der Waals surface area (Å²) in [6.45, 7) is 8.93. The number of rotatable bonds is 7. The third kappa shape index (κ3) is 4.94. The molecule has 3 aromatic rings. The van der Waals surface area contributed by atoms with Gasteiger partial charge in [-0.25, -0.2) is 0 Å². The molecule has 174 valence electrons. The lowest BCUT2D eigenvalue weighted by Crippen LogP contribution is -2.48. The Labute approximate surface area is 194 Å². The van der Waals surface area contributed by atoms with E-state index in [0.717, 1.165) is 55.3 Å². The summed E-state index contributed by atoms with van der Waals surface area (Å²) < 4.78 is 7.06. The number of benzene rings is 1. The van der Waals surface area contributed by atoms with Gasteiger partial charge in [0.1, 0.15) is 11.5 Å². The van der Waals surface area contributed by atoms with Gasteiger partial charge in [-0.2, -0.15) is 0 Å². The second kappa shape index (κ2) is 10.2. The number of aromatic nitrogens is 2. The van der Waals surface area contributed by atoms with Gasteiger partial charge < -0.3 is 19.3 Å². The molecule has 0 amide bonds. The molecular formula is C26H32N4O3. The Morgan fingerprint density at radius 1 is 1.12 bits per heavy atom. The van der Waals surface area contributed by atoms with Gasteiger partial charge in [-0.15, -0.1) is 0 Å². The smallest absolute Gasteiger partial charge is 0.259 e. The lowest BCUT2D eigenvalue weighted by atomic mass is 9.95. The second-order valence-corrected chi connectivity index (χ2v) is 8.48.